The van der Waals surface area contributed by atoms with Gasteiger partial charge in [0.1, 0.15) is 18.9 Å². The number of carbonyl (C=O) groups excluding carboxylic acids is 1. The second-order valence-corrected chi connectivity index (χ2v) is 3.73. The van der Waals surface area contributed by atoms with E-state index in [1.807, 2.05) is 0 Å². The lowest BCUT2D eigenvalue weighted by Gasteiger charge is -2.23. The molecule has 0 fully saturated rings. The molecule has 3 nitrogen and oxygen atoms in total. The van der Waals surface area contributed by atoms with Gasteiger partial charge in [0.05, 0.1) is 27.7 Å². The monoisotopic (exact) mass is 160 g/mol. The maximum atomic E-state index is 10.1. The summed E-state index contributed by atoms with van der Waals surface area (Å²) < 4.78 is 6.05. The van der Waals surface area contributed by atoms with Crippen molar-refractivity contribution < 1.29 is 14.0 Å². The van der Waals surface area contributed by atoms with Crippen LogP contribution in [0.4, 0.5) is 0 Å². The van der Waals surface area contributed by atoms with E-state index in [2.05, 4.69) is 21.1 Å². The summed E-state index contributed by atoms with van der Waals surface area (Å²) in [6, 6.07) is 0. The van der Waals surface area contributed by atoms with E-state index in [1.54, 1.807) is 6.92 Å². The first-order valence-electron chi connectivity index (χ1n) is 3.83. The molecule has 0 bridgehead atoms. The van der Waals surface area contributed by atoms with E-state index in [0.29, 0.717) is 6.61 Å². The van der Waals surface area contributed by atoms with Gasteiger partial charge < -0.3 is 14.0 Å². The predicted molar refractivity (Wildman–Crippen MR) is 44.4 cm³/mol. The van der Waals surface area contributed by atoms with Crippen LogP contribution < -0.4 is 0 Å². The van der Waals surface area contributed by atoms with Crippen molar-refractivity contribution in [2.24, 2.45) is 0 Å². The van der Waals surface area contributed by atoms with Gasteiger partial charge >= 0.3 is 0 Å². The fourth-order valence-electron chi connectivity index (χ4n) is 0.552. The van der Waals surface area contributed by atoms with Crippen LogP contribution in [0, 0.1) is 0 Å². The Morgan fingerprint density at radius 1 is 1.45 bits per heavy atom. The molecule has 0 rings (SSSR count). The van der Waals surface area contributed by atoms with Crippen LogP contribution in [0.5, 0.6) is 0 Å². The van der Waals surface area contributed by atoms with Gasteiger partial charge in [-0.2, -0.15) is 0 Å². The molecular weight excluding hydrogens is 142 g/mol. The highest BCUT2D eigenvalue weighted by atomic mass is 16.5. The van der Waals surface area contributed by atoms with E-state index in [9.17, 15) is 4.79 Å². The number of hydrogen-bond acceptors (Lipinski definition) is 2. The normalized spacial score (nSPS) is 14.5. The highest BCUT2D eigenvalue weighted by Gasteiger charge is 2.07. The van der Waals surface area contributed by atoms with Crippen molar-refractivity contribution in [3.8, 4) is 0 Å². The molecule has 0 amide bonds. The van der Waals surface area contributed by atoms with Crippen molar-refractivity contribution in [1.29, 1.82) is 0 Å². The summed E-state index contributed by atoms with van der Waals surface area (Å²) in [4.78, 5) is 10.1. The summed E-state index contributed by atoms with van der Waals surface area (Å²) in [6.07, 6.45) is 0.553. The summed E-state index contributed by atoms with van der Waals surface area (Å²) in [7, 11) is 6.28. The molecule has 0 saturated heterocycles. The number of ether oxygens (including phenoxy) is 1. The fourth-order valence-corrected chi connectivity index (χ4v) is 0.552. The van der Waals surface area contributed by atoms with Crippen molar-refractivity contribution in [3.63, 3.8) is 0 Å². The molecule has 0 aromatic rings. The Morgan fingerprint density at radius 3 is 2.36 bits per heavy atom. The van der Waals surface area contributed by atoms with E-state index < -0.39 is 0 Å². The van der Waals surface area contributed by atoms with Gasteiger partial charge in [-0.05, 0) is 6.92 Å². The number of likely N-dealkylation sites (N-methyl/N-ethyl adjacent to an activating group) is 1. The third kappa shape index (κ3) is 7.49. The van der Waals surface area contributed by atoms with Crippen LogP contribution in [0.25, 0.3) is 0 Å². The van der Waals surface area contributed by atoms with Crippen LogP contribution in [0.3, 0.4) is 0 Å². The van der Waals surface area contributed by atoms with Crippen LogP contribution in [0.1, 0.15) is 6.92 Å². The van der Waals surface area contributed by atoms with E-state index in [1.165, 1.54) is 0 Å². The molecule has 0 aromatic heterocycles. The second kappa shape index (κ2) is 4.46. The molecule has 1 unspecified atom stereocenters. The van der Waals surface area contributed by atoms with E-state index in [-0.39, 0.29) is 6.10 Å². The highest BCUT2D eigenvalue weighted by Crippen LogP contribution is 1.91. The van der Waals surface area contributed by atoms with Crippen LogP contribution in [0.15, 0.2) is 0 Å². The minimum atomic E-state index is -0.262. The van der Waals surface area contributed by atoms with Crippen molar-refractivity contribution in [3.05, 3.63) is 0 Å². The Balaban J connectivity index is 3.35. The van der Waals surface area contributed by atoms with Crippen LogP contribution in [-0.2, 0) is 9.53 Å². The van der Waals surface area contributed by atoms with E-state index in [0.717, 1.165) is 17.3 Å². The Labute approximate surface area is 68.5 Å². The molecule has 0 aromatic carbocycles. The Hall–Kier alpha value is -0.410. The van der Waals surface area contributed by atoms with Gasteiger partial charge in [0, 0.05) is 0 Å². The van der Waals surface area contributed by atoms with Crippen LogP contribution in [-0.4, -0.2) is 51.2 Å². The fraction of sp³-hybridized carbons (Fsp3) is 0.875. The number of hydrogen-bond donors (Lipinski definition) is 0. The molecule has 1 atom stereocenters. The molecule has 66 valence electrons. The number of carbonyl (C=O) groups is 1. The standard InChI is InChI=1S/C8H18NO2/c1-8(7-10)11-6-5-9(2,3)4/h7-8H,5-6H2,1-4H3/q+1. The van der Waals surface area contributed by atoms with Crippen LogP contribution >= 0.6 is 0 Å². The number of quaternary nitrogens is 1. The minimum Gasteiger partial charge on any atom is -0.365 e. The quantitative estimate of drug-likeness (QED) is 0.427. The van der Waals surface area contributed by atoms with Crippen molar-refractivity contribution in [1.82, 2.24) is 0 Å². The maximum Gasteiger partial charge on any atom is 0.148 e. The lowest BCUT2D eigenvalue weighted by molar-refractivity contribution is -0.870. The first kappa shape index (κ1) is 10.6. The van der Waals surface area contributed by atoms with Crippen LogP contribution in [0.2, 0.25) is 0 Å². The Kier molecular flexibility index (Phi) is 4.30. The smallest absolute Gasteiger partial charge is 0.148 e. The van der Waals surface area contributed by atoms with Crippen molar-refractivity contribution in [2.45, 2.75) is 13.0 Å². The van der Waals surface area contributed by atoms with Gasteiger partial charge in [-0.15, -0.1) is 0 Å². The summed E-state index contributed by atoms with van der Waals surface area (Å²) in [5.74, 6) is 0. The molecule has 0 aliphatic rings. The average Bonchev–Trinajstić information content (AvgIpc) is 1.85. The molecule has 0 radical (unpaired) electrons. The van der Waals surface area contributed by atoms with Gasteiger partial charge in [-0.25, -0.2) is 0 Å². The van der Waals surface area contributed by atoms with Gasteiger partial charge in [-0.3, -0.25) is 0 Å². The van der Waals surface area contributed by atoms with Gasteiger partial charge in [-0.1, -0.05) is 0 Å². The van der Waals surface area contributed by atoms with Gasteiger partial charge in [0.2, 0.25) is 0 Å². The molecule has 3 heteroatoms. The maximum absolute atomic E-state index is 10.1. The zero-order chi connectivity index (χ0) is 8.91. The largest absolute Gasteiger partial charge is 0.365 e. The van der Waals surface area contributed by atoms with Crippen molar-refractivity contribution >= 4 is 6.29 Å². The molecule has 0 aliphatic heterocycles. The van der Waals surface area contributed by atoms with E-state index >= 15 is 0 Å². The molecule has 0 aliphatic carbocycles. The summed E-state index contributed by atoms with van der Waals surface area (Å²) >= 11 is 0. The first-order valence-corrected chi connectivity index (χ1v) is 3.83. The van der Waals surface area contributed by atoms with Gasteiger partial charge in [0.15, 0.2) is 0 Å². The summed E-state index contributed by atoms with van der Waals surface area (Å²) in [5.41, 5.74) is 0. The molecule has 11 heavy (non-hydrogen) atoms. The zero-order valence-corrected chi connectivity index (χ0v) is 7.83. The van der Waals surface area contributed by atoms with Gasteiger partial charge in [0.25, 0.3) is 0 Å². The van der Waals surface area contributed by atoms with E-state index in [4.69, 9.17) is 4.74 Å². The van der Waals surface area contributed by atoms with Crippen molar-refractivity contribution in [2.75, 3.05) is 34.3 Å². The molecule has 0 heterocycles. The topological polar surface area (TPSA) is 26.3 Å². The molecule has 0 saturated carbocycles. The molecule has 0 spiro atoms. The number of rotatable bonds is 5. The Bertz CT molecular complexity index is 118. The summed E-state index contributed by atoms with van der Waals surface area (Å²) in [5, 5.41) is 0. The third-order valence-corrected chi connectivity index (χ3v) is 1.33. The SMILES string of the molecule is CC(C=O)OCC[N+](C)(C)C. The summed E-state index contributed by atoms with van der Waals surface area (Å²) in [6.45, 7) is 3.32. The molecule has 0 N–H and O–H groups in total. The Morgan fingerprint density at radius 2 is 2.00 bits per heavy atom. The highest BCUT2D eigenvalue weighted by molar-refractivity contribution is 5.55. The lowest BCUT2D eigenvalue weighted by atomic mass is 10.4. The lowest BCUT2D eigenvalue weighted by Crippen LogP contribution is -2.38. The molecular formula is C8H18NO2+. The zero-order valence-electron chi connectivity index (χ0n) is 7.83. The average molecular weight is 160 g/mol. The number of aldehydes is 1. The second-order valence-electron chi connectivity index (χ2n) is 3.73. The number of nitrogens with zero attached hydrogens (tertiary/aromatic N) is 1. The third-order valence-electron chi connectivity index (χ3n) is 1.33. The predicted octanol–water partition coefficient (Wildman–Crippen LogP) is 0.297. The minimum absolute atomic E-state index is 0.262. The first-order chi connectivity index (χ1) is 4.95.